The van der Waals surface area contributed by atoms with Gasteiger partial charge in [-0.2, -0.15) is 4.98 Å². The molecule has 2 aromatic heterocycles. The Morgan fingerprint density at radius 1 is 1.08 bits per heavy atom. The number of rotatable bonds is 6. The van der Waals surface area contributed by atoms with E-state index in [-0.39, 0.29) is 0 Å². The molecule has 0 aromatic carbocycles. The first kappa shape index (κ1) is 17.2. The Morgan fingerprint density at radius 3 is 2.56 bits per heavy atom. The Hall–Kier alpha value is -2.64. The average Bonchev–Trinajstić information content (AvgIpc) is 2.68. The number of anilines is 2. The summed E-state index contributed by atoms with van der Waals surface area (Å²) in [4.78, 5) is 21.7. The SMILES string of the molecule is COc1ccnc(N2CCC(CN(C)c3nccnc3OC)CC2)n1. The zero-order valence-corrected chi connectivity index (χ0v) is 14.9. The van der Waals surface area contributed by atoms with E-state index in [2.05, 4.69) is 29.7 Å². The lowest BCUT2D eigenvalue weighted by molar-refractivity contribution is 0.382. The second-order valence-electron chi connectivity index (χ2n) is 6.10. The molecule has 2 aromatic rings. The number of hydrogen-bond acceptors (Lipinski definition) is 8. The highest BCUT2D eigenvalue weighted by molar-refractivity contribution is 5.47. The summed E-state index contributed by atoms with van der Waals surface area (Å²) in [7, 11) is 5.27. The first-order chi connectivity index (χ1) is 12.2. The molecule has 134 valence electrons. The highest BCUT2D eigenvalue weighted by Gasteiger charge is 2.23. The fourth-order valence-corrected chi connectivity index (χ4v) is 3.11. The minimum Gasteiger partial charge on any atom is -0.481 e. The van der Waals surface area contributed by atoms with Crippen molar-refractivity contribution >= 4 is 11.8 Å². The van der Waals surface area contributed by atoms with E-state index >= 15 is 0 Å². The molecule has 25 heavy (non-hydrogen) atoms. The smallest absolute Gasteiger partial charge is 0.257 e. The number of piperidine rings is 1. The van der Waals surface area contributed by atoms with E-state index < -0.39 is 0 Å². The highest BCUT2D eigenvalue weighted by Crippen LogP contribution is 2.26. The van der Waals surface area contributed by atoms with Gasteiger partial charge in [0.05, 0.1) is 14.2 Å². The van der Waals surface area contributed by atoms with Gasteiger partial charge < -0.3 is 19.3 Å². The molecule has 8 heteroatoms. The molecule has 1 fully saturated rings. The summed E-state index contributed by atoms with van der Waals surface area (Å²) in [6.07, 6.45) is 7.22. The summed E-state index contributed by atoms with van der Waals surface area (Å²) < 4.78 is 10.5. The van der Waals surface area contributed by atoms with Gasteiger partial charge in [0, 0.05) is 51.3 Å². The number of aromatic nitrogens is 4. The van der Waals surface area contributed by atoms with Gasteiger partial charge in [-0.15, -0.1) is 0 Å². The summed E-state index contributed by atoms with van der Waals surface area (Å²) >= 11 is 0. The maximum atomic E-state index is 5.30. The highest BCUT2D eigenvalue weighted by atomic mass is 16.5. The second-order valence-corrected chi connectivity index (χ2v) is 6.10. The summed E-state index contributed by atoms with van der Waals surface area (Å²) in [5, 5.41) is 0. The van der Waals surface area contributed by atoms with E-state index in [9.17, 15) is 0 Å². The molecule has 0 N–H and O–H groups in total. The fraction of sp³-hybridized carbons (Fsp3) is 0.529. The van der Waals surface area contributed by atoms with Crippen molar-refractivity contribution in [3.8, 4) is 11.8 Å². The lowest BCUT2D eigenvalue weighted by atomic mass is 9.96. The molecule has 3 rings (SSSR count). The quantitative estimate of drug-likeness (QED) is 0.783. The predicted octanol–water partition coefficient (Wildman–Crippen LogP) is 1.64. The van der Waals surface area contributed by atoms with Crippen LogP contribution in [-0.2, 0) is 0 Å². The van der Waals surface area contributed by atoms with Crippen LogP contribution in [-0.4, -0.2) is 60.8 Å². The predicted molar refractivity (Wildman–Crippen MR) is 95.4 cm³/mol. The van der Waals surface area contributed by atoms with Gasteiger partial charge in [-0.1, -0.05) is 0 Å². The molecule has 1 saturated heterocycles. The topological polar surface area (TPSA) is 76.5 Å². The molecule has 0 bridgehead atoms. The molecule has 0 saturated carbocycles. The minimum atomic E-state index is 0.562. The van der Waals surface area contributed by atoms with Crippen LogP contribution in [0.25, 0.3) is 0 Å². The molecular weight excluding hydrogens is 320 g/mol. The molecule has 3 heterocycles. The number of ether oxygens (including phenoxy) is 2. The van der Waals surface area contributed by atoms with Gasteiger partial charge >= 0.3 is 0 Å². The van der Waals surface area contributed by atoms with Crippen molar-refractivity contribution in [2.75, 3.05) is 50.7 Å². The largest absolute Gasteiger partial charge is 0.481 e. The molecular formula is C17H24N6O2. The maximum Gasteiger partial charge on any atom is 0.257 e. The van der Waals surface area contributed by atoms with Crippen molar-refractivity contribution in [1.29, 1.82) is 0 Å². The molecule has 0 amide bonds. The van der Waals surface area contributed by atoms with Gasteiger partial charge in [0.2, 0.25) is 11.8 Å². The Morgan fingerprint density at radius 2 is 1.84 bits per heavy atom. The zero-order chi connectivity index (χ0) is 17.6. The molecule has 8 nitrogen and oxygen atoms in total. The lowest BCUT2D eigenvalue weighted by Gasteiger charge is -2.34. The van der Waals surface area contributed by atoms with E-state index in [0.29, 0.717) is 17.7 Å². The van der Waals surface area contributed by atoms with E-state index in [1.54, 1.807) is 38.9 Å². The normalized spacial score (nSPS) is 15.1. The van der Waals surface area contributed by atoms with Gasteiger partial charge in [-0.05, 0) is 18.8 Å². The van der Waals surface area contributed by atoms with Crippen molar-refractivity contribution in [2.45, 2.75) is 12.8 Å². The second kappa shape index (κ2) is 7.96. The molecule has 0 aliphatic carbocycles. The maximum absolute atomic E-state index is 5.30. The zero-order valence-electron chi connectivity index (χ0n) is 14.9. The Kier molecular flexibility index (Phi) is 5.47. The molecule has 0 radical (unpaired) electrons. The third-order valence-corrected chi connectivity index (χ3v) is 4.46. The number of nitrogens with zero attached hydrogens (tertiary/aromatic N) is 6. The molecule has 0 unspecified atom stereocenters. The lowest BCUT2D eigenvalue weighted by Crippen LogP contribution is -2.38. The van der Waals surface area contributed by atoms with Crippen molar-refractivity contribution in [2.24, 2.45) is 5.92 Å². The number of methoxy groups -OCH3 is 2. The van der Waals surface area contributed by atoms with Crippen molar-refractivity contribution in [3.05, 3.63) is 24.7 Å². The van der Waals surface area contributed by atoms with E-state index in [0.717, 1.165) is 44.2 Å². The summed E-state index contributed by atoms with van der Waals surface area (Å²) in [5.74, 6) is 3.26. The van der Waals surface area contributed by atoms with E-state index in [4.69, 9.17) is 9.47 Å². The van der Waals surface area contributed by atoms with Crippen LogP contribution < -0.4 is 19.3 Å². The standard InChI is InChI=1S/C17H24N6O2/c1-22(15-16(25-3)19-9-8-18-15)12-13-5-10-23(11-6-13)17-20-7-4-14(21-17)24-2/h4,7-9,13H,5-6,10-12H2,1-3H3. The first-order valence-corrected chi connectivity index (χ1v) is 8.39. The fourth-order valence-electron chi connectivity index (χ4n) is 3.11. The van der Waals surface area contributed by atoms with E-state index in [1.807, 2.05) is 7.05 Å². The van der Waals surface area contributed by atoms with Gasteiger partial charge in [0.1, 0.15) is 0 Å². The van der Waals surface area contributed by atoms with Crippen LogP contribution in [0.3, 0.4) is 0 Å². The van der Waals surface area contributed by atoms with Crippen molar-refractivity contribution < 1.29 is 9.47 Å². The Bertz CT molecular complexity index is 690. The third-order valence-electron chi connectivity index (χ3n) is 4.46. The van der Waals surface area contributed by atoms with Crippen LogP contribution in [0.4, 0.5) is 11.8 Å². The minimum absolute atomic E-state index is 0.562. The number of hydrogen-bond donors (Lipinski definition) is 0. The average molecular weight is 344 g/mol. The molecule has 0 spiro atoms. The van der Waals surface area contributed by atoms with Gasteiger partial charge in [-0.3, -0.25) is 0 Å². The molecule has 0 atom stereocenters. The van der Waals surface area contributed by atoms with Gasteiger partial charge in [0.25, 0.3) is 5.88 Å². The van der Waals surface area contributed by atoms with Crippen LogP contribution in [0, 0.1) is 5.92 Å². The molecule has 1 aliphatic rings. The Balaban J connectivity index is 1.57. The summed E-state index contributed by atoms with van der Waals surface area (Å²) in [6.45, 7) is 2.79. The van der Waals surface area contributed by atoms with Crippen molar-refractivity contribution in [3.63, 3.8) is 0 Å². The molecule has 1 aliphatic heterocycles. The van der Waals surface area contributed by atoms with Gasteiger partial charge in [0.15, 0.2) is 5.82 Å². The van der Waals surface area contributed by atoms with Crippen LogP contribution in [0.1, 0.15) is 12.8 Å². The van der Waals surface area contributed by atoms with Crippen LogP contribution >= 0.6 is 0 Å². The summed E-state index contributed by atoms with van der Waals surface area (Å²) in [5.41, 5.74) is 0. The monoisotopic (exact) mass is 344 g/mol. The summed E-state index contributed by atoms with van der Waals surface area (Å²) in [6, 6.07) is 1.76. The Labute approximate surface area is 147 Å². The first-order valence-electron chi connectivity index (χ1n) is 8.39. The van der Waals surface area contributed by atoms with Crippen LogP contribution in [0.15, 0.2) is 24.7 Å². The van der Waals surface area contributed by atoms with E-state index in [1.165, 1.54) is 0 Å². The van der Waals surface area contributed by atoms with Gasteiger partial charge in [-0.25, -0.2) is 15.0 Å². The third kappa shape index (κ3) is 4.07. The van der Waals surface area contributed by atoms with Crippen LogP contribution in [0.2, 0.25) is 0 Å². The van der Waals surface area contributed by atoms with Crippen LogP contribution in [0.5, 0.6) is 11.8 Å². The van der Waals surface area contributed by atoms with Crippen molar-refractivity contribution in [1.82, 2.24) is 19.9 Å².